The normalized spacial score (nSPS) is 15.3. The van der Waals surface area contributed by atoms with Crippen LogP contribution in [0.15, 0.2) is 24.3 Å². The van der Waals surface area contributed by atoms with Crippen LogP contribution in [0.2, 0.25) is 0 Å². The average molecular weight is 214 g/mol. The maximum Gasteiger partial charge on any atom is 0.150 e. The molecule has 0 aliphatic heterocycles. The molecule has 82 valence electrons. The van der Waals surface area contributed by atoms with Crippen molar-refractivity contribution < 1.29 is 0 Å². The third-order valence-corrected chi connectivity index (χ3v) is 3.02. The average Bonchev–Trinajstić information content (AvgIpc) is 3.05. The van der Waals surface area contributed by atoms with Gasteiger partial charge in [0.25, 0.3) is 0 Å². The molecule has 4 nitrogen and oxygen atoms in total. The highest BCUT2D eigenvalue weighted by Crippen LogP contribution is 2.38. The summed E-state index contributed by atoms with van der Waals surface area (Å²) in [5.41, 5.74) is 9.15. The third-order valence-electron chi connectivity index (χ3n) is 3.02. The van der Waals surface area contributed by atoms with Crippen molar-refractivity contribution in [3.63, 3.8) is 0 Å². The number of hydrogen-bond acceptors (Lipinski definition) is 3. The van der Waals surface area contributed by atoms with E-state index in [2.05, 4.69) is 23.3 Å². The molecule has 1 fully saturated rings. The minimum atomic E-state index is 0.477. The minimum Gasteiger partial charge on any atom is -0.382 e. The molecule has 16 heavy (non-hydrogen) atoms. The van der Waals surface area contributed by atoms with E-state index in [4.69, 9.17) is 5.73 Å². The molecule has 2 aromatic rings. The van der Waals surface area contributed by atoms with E-state index in [1.807, 2.05) is 22.9 Å². The number of hydrogen-bond donors (Lipinski definition) is 1. The molecule has 1 aliphatic carbocycles. The predicted octanol–water partition coefficient (Wildman–Crippen LogP) is 2.17. The van der Waals surface area contributed by atoms with Crippen LogP contribution in [0.1, 0.15) is 24.4 Å². The molecule has 1 aromatic heterocycles. The minimum absolute atomic E-state index is 0.477. The first-order valence-corrected chi connectivity index (χ1v) is 5.54. The van der Waals surface area contributed by atoms with Crippen LogP contribution in [0.3, 0.4) is 0 Å². The summed E-state index contributed by atoms with van der Waals surface area (Å²) in [6.07, 6.45) is 2.33. The quantitative estimate of drug-likeness (QED) is 0.833. The van der Waals surface area contributed by atoms with Gasteiger partial charge < -0.3 is 5.73 Å². The summed E-state index contributed by atoms with van der Waals surface area (Å²) in [6.45, 7) is 2.06. The van der Waals surface area contributed by atoms with E-state index in [0.29, 0.717) is 11.9 Å². The third kappa shape index (κ3) is 1.38. The van der Waals surface area contributed by atoms with Crippen LogP contribution in [0, 0.1) is 6.92 Å². The van der Waals surface area contributed by atoms with Gasteiger partial charge in [0.2, 0.25) is 0 Å². The monoisotopic (exact) mass is 214 g/mol. The molecule has 1 aromatic carbocycles. The van der Waals surface area contributed by atoms with Gasteiger partial charge in [-0.3, -0.25) is 0 Å². The summed E-state index contributed by atoms with van der Waals surface area (Å²) in [5, 5.41) is 8.33. The topological polar surface area (TPSA) is 56.7 Å². The Labute approximate surface area is 94.1 Å². The SMILES string of the molecule is Cc1ccccc1-c1nnn(C2CC2)c1N. The molecule has 0 unspecified atom stereocenters. The number of nitrogen functional groups attached to an aromatic ring is 1. The Morgan fingerprint density at radius 2 is 2.06 bits per heavy atom. The van der Waals surface area contributed by atoms with E-state index in [9.17, 15) is 0 Å². The largest absolute Gasteiger partial charge is 0.382 e. The number of rotatable bonds is 2. The molecule has 0 atom stereocenters. The van der Waals surface area contributed by atoms with Crippen molar-refractivity contribution in [1.82, 2.24) is 15.0 Å². The lowest BCUT2D eigenvalue weighted by Gasteiger charge is -2.03. The fraction of sp³-hybridized carbons (Fsp3) is 0.333. The molecule has 4 heteroatoms. The molecular weight excluding hydrogens is 200 g/mol. The Bertz CT molecular complexity index is 526. The van der Waals surface area contributed by atoms with Gasteiger partial charge >= 0.3 is 0 Å². The van der Waals surface area contributed by atoms with Crippen molar-refractivity contribution in [1.29, 1.82) is 0 Å². The van der Waals surface area contributed by atoms with Crippen molar-refractivity contribution in [3.8, 4) is 11.3 Å². The Morgan fingerprint density at radius 3 is 2.75 bits per heavy atom. The van der Waals surface area contributed by atoms with Gasteiger partial charge in [0.05, 0.1) is 6.04 Å². The van der Waals surface area contributed by atoms with Crippen LogP contribution in [0.25, 0.3) is 11.3 Å². The van der Waals surface area contributed by atoms with Gasteiger partial charge in [-0.05, 0) is 25.3 Å². The van der Waals surface area contributed by atoms with Gasteiger partial charge in [-0.2, -0.15) is 0 Å². The predicted molar refractivity (Wildman–Crippen MR) is 62.9 cm³/mol. The number of nitrogens with two attached hydrogens (primary N) is 1. The molecule has 0 spiro atoms. The highest BCUT2D eigenvalue weighted by atomic mass is 15.5. The van der Waals surface area contributed by atoms with Crippen LogP contribution >= 0.6 is 0 Å². The van der Waals surface area contributed by atoms with Gasteiger partial charge in [-0.1, -0.05) is 29.5 Å². The van der Waals surface area contributed by atoms with Gasteiger partial charge in [0.1, 0.15) is 5.69 Å². The molecule has 0 radical (unpaired) electrons. The highest BCUT2D eigenvalue weighted by Gasteiger charge is 2.28. The Kier molecular flexibility index (Phi) is 1.96. The van der Waals surface area contributed by atoms with E-state index < -0.39 is 0 Å². The van der Waals surface area contributed by atoms with Crippen LogP contribution in [-0.2, 0) is 0 Å². The Balaban J connectivity index is 2.10. The number of nitrogens with zero attached hydrogens (tertiary/aromatic N) is 3. The summed E-state index contributed by atoms with van der Waals surface area (Å²) in [6, 6.07) is 8.58. The number of aromatic nitrogens is 3. The second-order valence-electron chi connectivity index (χ2n) is 4.31. The fourth-order valence-corrected chi connectivity index (χ4v) is 1.92. The summed E-state index contributed by atoms with van der Waals surface area (Å²) in [4.78, 5) is 0. The molecule has 0 bridgehead atoms. The molecular formula is C12H14N4. The zero-order valence-corrected chi connectivity index (χ0v) is 9.22. The maximum absolute atomic E-state index is 6.08. The van der Waals surface area contributed by atoms with Crippen LogP contribution in [0.4, 0.5) is 5.82 Å². The second-order valence-corrected chi connectivity index (χ2v) is 4.31. The molecule has 1 heterocycles. The molecule has 3 rings (SSSR count). The van der Waals surface area contributed by atoms with E-state index in [-0.39, 0.29) is 0 Å². The van der Waals surface area contributed by atoms with Crippen molar-refractivity contribution in [2.45, 2.75) is 25.8 Å². The lowest BCUT2D eigenvalue weighted by molar-refractivity contribution is 0.619. The fourth-order valence-electron chi connectivity index (χ4n) is 1.92. The van der Waals surface area contributed by atoms with E-state index in [1.54, 1.807) is 0 Å². The lowest BCUT2D eigenvalue weighted by Crippen LogP contribution is -2.02. The molecule has 1 saturated carbocycles. The smallest absolute Gasteiger partial charge is 0.150 e. The second kappa shape index (κ2) is 3.33. The highest BCUT2D eigenvalue weighted by molar-refractivity contribution is 5.72. The summed E-state index contributed by atoms with van der Waals surface area (Å²) in [5.74, 6) is 0.691. The maximum atomic E-state index is 6.08. The van der Waals surface area contributed by atoms with Gasteiger partial charge in [-0.15, -0.1) is 5.10 Å². The van der Waals surface area contributed by atoms with E-state index in [0.717, 1.165) is 11.3 Å². The first kappa shape index (κ1) is 9.39. The van der Waals surface area contributed by atoms with Crippen molar-refractivity contribution in [2.75, 3.05) is 5.73 Å². The molecule has 0 saturated heterocycles. The lowest BCUT2D eigenvalue weighted by atomic mass is 10.1. The van der Waals surface area contributed by atoms with Crippen LogP contribution in [-0.4, -0.2) is 15.0 Å². The first-order chi connectivity index (χ1) is 7.77. The van der Waals surface area contributed by atoms with Gasteiger partial charge in [0, 0.05) is 5.56 Å². The standard InChI is InChI=1S/C12H14N4/c1-8-4-2-3-5-10(8)11-12(13)16(15-14-11)9-6-7-9/h2-5,9H,6-7,13H2,1H3. The van der Waals surface area contributed by atoms with E-state index in [1.165, 1.54) is 18.4 Å². The summed E-state index contributed by atoms with van der Waals surface area (Å²) >= 11 is 0. The summed E-state index contributed by atoms with van der Waals surface area (Å²) in [7, 11) is 0. The van der Waals surface area contributed by atoms with Crippen molar-refractivity contribution >= 4 is 5.82 Å². The summed E-state index contributed by atoms with van der Waals surface area (Å²) < 4.78 is 1.85. The molecule has 1 aliphatic rings. The van der Waals surface area contributed by atoms with Crippen molar-refractivity contribution in [2.24, 2.45) is 0 Å². The van der Waals surface area contributed by atoms with E-state index >= 15 is 0 Å². The van der Waals surface area contributed by atoms with Crippen LogP contribution in [0.5, 0.6) is 0 Å². The Morgan fingerprint density at radius 1 is 1.31 bits per heavy atom. The van der Waals surface area contributed by atoms with Gasteiger partial charge in [-0.25, -0.2) is 4.68 Å². The first-order valence-electron chi connectivity index (χ1n) is 5.54. The number of benzene rings is 1. The Hall–Kier alpha value is -1.84. The number of anilines is 1. The zero-order chi connectivity index (χ0) is 11.1. The molecule has 2 N–H and O–H groups in total. The molecule has 0 amide bonds. The zero-order valence-electron chi connectivity index (χ0n) is 9.22. The van der Waals surface area contributed by atoms with Gasteiger partial charge in [0.15, 0.2) is 5.82 Å². The van der Waals surface area contributed by atoms with Crippen molar-refractivity contribution in [3.05, 3.63) is 29.8 Å². The number of aryl methyl sites for hydroxylation is 1. The van der Waals surface area contributed by atoms with Crippen LogP contribution < -0.4 is 5.73 Å².